The second-order valence-corrected chi connectivity index (χ2v) is 5.60. The molecular weight excluding hydrogens is 317 g/mol. The molecule has 102 valence electrons. The van der Waals surface area contributed by atoms with Crippen LogP contribution in [0.2, 0.25) is 10.0 Å². The van der Waals surface area contributed by atoms with Crippen LogP contribution in [0.25, 0.3) is 11.3 Å². The van der Waals surface area contributed by atoms with Gasteiger partial charge in [0.25, 0.3) is 5.56 Å². The molecule has 7 heteroatoms. The van der Waals surface area contributed by atoms with Crippen LogP contribution in [0.4, 0.5) is 0 Å². The van der Waals surface area contributed by atoms with Crippen molar-refractivity contribution < 1.29 is 0 Å². The van der Waals surface area contributed by atoms with E-state index in [1.165, 1.54) is 11.8 Å². The maximum absolute atomic E-state index is 11.9. The Bertz CT molecular complexity index is 780. The Morgan fingerprint density at radius 3 is 2.65 bits per heavy atom. The minimum Gasteiger partial charge on any atom is -0.300 e. The fourth-order valence-corrected chi connectivity index (χ4v) is 2.54. The molecule has 0 saturated carbocycles. The molecule has 0 bridgehead atoms. The molecule has 0 saturated heterocycles. The van der Waals surface area contributed by atoms with Gasteiger partial charge in [-0.2, -0.15) is 5.26 Å². The summed E-state index contributed by atoms with van der Waals surface area (Å²) >= 11 is 13.4. The monoisotopic (exact) mass is 325 g/mol. The van der Waals surface area contributed by atoms with Gasteiger partial charge in [0.15, 0.2) is 5.16 Å². The van der Waals surface area contributed by atoms with E-state index in [9.17, 15) is 4.79 Å². The van der Waals surface area contributed by atoms with Crippen molar-refractivity contribution in [2.45, 2.75) is 12.1 Å². The Morgan fingerprint density at radius 2 is 2.05 bits per heavy atom. The van der Waals surface area contributed by atoms with Gasteiger partial charge < -0.3 is 4.98 Å². The van der Waals surface area contributed by atoms with Gasteiger partial charge >= 0.3 is 0 Å². The van der Waals surface area contributed by atoms with Crippen molar-refractivity contribution in [3.05, 3.63) is 43.7 Å². The van der Waals surface area contributed by atoms with Crippen LogP contribution >= 0.6 is 35.0 Å². The highest BCUT2D eigenvalue weighted by molar-refractivity contribution is 7.98. The van der Waals surface area contributed by atoms with E-state index in [2.05, 4.69) is 9.97 Å². The van der Waals surface area contributed by atoms with Gasteiger partial charge in [-0.15, -0.1) is 0 Å². The normalized spacial score (nSPS) is 10.3. The Kier molecular flexibility index (Phi) is 4.39. The van der Waals surface area contributed by atoms with E-state index in [0.29, 0.717) is 20.8 Å². The number of H-pyrrole nitrogens is 1. The summed E-state index contributed by atoms with van der Waals surface area (Å²) in [6.45, 7) is 1.82. The molecule has 0 aliphatic carbocycles. The summed E-state index contributed by atoms with van der Waals surface area (Å²) in [7, 11) is 0. The van der Waals surface area contributed by atoms with E-state index in [-0.39, 0.29) is 11.3 Å². The predicted octanol–water partition coefficient (Wildman–Crippen LogP) is 3.65. The van der Waals surface area contributed by atoms with Gasteiger partial charge in [-0.1, -0.05) is 35.0 Å². The molecule has 2 aromatic rings. The lowest BCUT2D eigenvalue weighted by atomic mass is 10.1. The molecule has 1 N–H and O–H groups in total. The smallest absolute Gasteiger partial charge is 0.270 e. The van der Waals surface area contributed by atoms with Crippen molar-refractivity contribution >= 4 is 35.0 Å². The van der Waals surface area contributed by atoms with Gasteiger partial charge in [0.1, 0.15) is 11.6 Å². The first-order chi connectivity index (χ1) is 9.47. The number of nitrogens with one attached hydrogen (secondary N) is 1. The van der Waals surface area contributed by atoms with Crippen molar-refractivity contribution in [2.75, 3.05) is 6.26 Å². The van der Waals surface area contributed by atoms with E-state index >= 15 is 0 Å². The molecule has 0 spiro atoms. The highest BCUT2D eigenvalue weighted by Crippen LogP contribution is 2.33. The van der Waals surface area contributed by atoms with Gasteiger partial charge in [-0.25, -0.2) is 4.98 Å². The highest BCUT2D eigenvalue weighted by Gasteiger charge is 2.16. The Balaban J connectivity index is 2.82. The van der Waals surface area contributed by atoms with Crippen LogP contribution in [0.1, 0.15) is 11.1 Å². The topological polar surface area (TPSA) is 69.5 Å². The summed E-state index contributed by atoms with van der Waals surface area (Å²) in [5.74, 6) is 0. The number of aromatic amines is 1. The molecule has 0 amide bonds. The number of nitrogens with zero attached hydrogens (tertiary/aromatic N) is 2. The third-order valence-corrected chi connectivity index (χ3v) is 4.01. The third kappa shape index (κ3) is 2.68. The number of benzene rings is 1. The van der Waals surface area contributed by atoms with E-state index in [1.807, 2.05) is 13.0 Å². The van der Waals surface area contributed by atoms with Gasteiger partial charge in [0.2, 0.25) is 0 Å². The predicted molar refractivity (Wildman–Crippen MR) is 81.5 cm³/mol. The van der Waals surface area contributed by atoms with Crippen LogP contribution in [-0.2, 0) is 0 Å². The molecule has 0 fully saturated rings. The Hall–Kier alpha value is -1.48. The van der Waals surface area contributed by atoms with Crippen LogP contribution in [0, 0.1) is 18.3 Å². The molecule has 0 radical (unpaired) electrons. The highest BCUT2D eigenvalue weighted by atomic mass is 35.5. The summed E-state index contributed by atoms with van der Waals surface area (Å²) in [4.78, 5) is 18.7. The lowest BCUT2D eigenvalue weighted by molar-refractivity contribution is 0.937. The molecule has 0 unspecified atom stereocenters. The average molecular weight is 326 g/mol. The number of aryl methyl sites for hydroxylation is 1. The molecule has 2 rings (SSSR count). The first kappa shape index (κ1) is 14.9. The summed E-state index contributed by atoms with van der Waals surface area (Å²) in [5.41, 5.74) is 1.04. The molecule has 20 heavy (non-hydrogen) atoms. The van der Waals surface area contributed by atoms with Crippen molar-refractivity contribution in [1.82, 2.24) is 9.97 Å². The number of nitriles is 1. The summed E-state index contributed by atoms with van der Waals surface area (Å²) < 4.78 is 0. The summed E-state index contributed by atoms with van der Waals surface area (Å²) in [6.07, 6.45) is 1.78. The fourth-order valence-electron chi connectivity index (χ4n) is 1.69. The maximum atomic E-state index is 11.9. The van der Waals surface area contributed by atoms with Crippen molar-refractivity contribution in [1.29, 1.82) is 5.26 Å². The largest absolute Gasteiger partial charge is 0.300 e. The number of hydrogen-bond acceptors (Lipinski definition) is 4. The number of thioether (sulfide) groups is 1. The number of rotatable bonds is 2. The van der Waals surface area contributed by atoms with Gasteiger partial charge in [0, 0.05) is 10.6 Å². The minimum atomic E-state index is -0.481. The lowest BCUT2D eigenvalue weighted by Gasteiger charge is -2.09. The SMILES string of the molecule is CSc1nc(-c2cc(C)c(Cl)cc2Cl)c(C#N)c(=O)[nH]1. The average Bonchev–Trinajstić information content (AvgIpc) is 2.42. The first-order valence-corrected chi connectivity index (χ1v) is 7.50. The quantitative estimate of drug-likeness (QED) is 0.676. The van der Waals surface area contributed by atoms with Gasteiger partial charge in [-0.3, -0.25) is 4.79 Å². The van der Waals surface area contributed by atoms with Crippen molar-refractivity contribution in [3.8, 4) is 17.3 Å². The zero-order valence-electron chi connectivity index (χ0n) is 10.6. The van der Waals surface area contributed by atoms with Gasteiger partial charge in [0.05, 0.1) is 10.7 Å². The Labute approximate surface area is 129 Å². The van der Waals surface area contributed by atoms with Gasteiger partial charge in [-0.05, 0) is 30.9 Å². The van der Waals surface area contributed by atoms with Crippen LogP contribution < -0.4 is 5.56 Å². The van der Waals surface area contributed by atoms with Crippen LogP contribution in [0.3, 0.4) is 0 Å². The fraction of sp³-hybridized carbons (Fsp3) is 0.154. The van der Waals surface area contributed by atoms with E-state index in [1.54, 1.807) is 18.4 Å². The maximum Gasteiger partial charge on any atom is 0.270 e. The molecule has 4 nitrogen and oxygen atoms in total. The third-order valence-electron chi connectivity index (χ3n) is 2.71. The second kappa shape index (κ2) is 5.88. The minimum absolute atomic E-state index is 0.0635. The van der Waals surface area contributed by atoms with E-state index in [0.717, 1.165) is 5.56 Å². The molecule has 1 heterocycles. The molecule has 0 aliphatic heterocycles. The molecular formula is C13H9Cl2N3OS. The lowest BCUT2D eigenvalue weighted by Crippen LogP contribution is -2.14. The summed E-state index contributed by atoms with van der Waals surface area (Å²) in [5, 5.41) is 10.4. The van der Waals surface area contributed by atoms with E-state index < -0.39 is 5.56 Å². The zero-order chi connectivity index (χ0) is 14.9. The van der Waals surface area contributed by atoms with Crippen LogP contribution in [0.15, 0.2) is 22.1 Å². The van der Waals surface area contributed by atoms with Crippen molar-refractivity contribution in [3.63, 3.8) is 0 Å². The molecule has 0 atom stereocenters. The number of hydrogen-bond donors (Lipinski definition) is 1. The Morgan fingerprint density at radius 1 is 1.35 bits per heavy atom. The van der Waals surface area contributed by atoms with Crippen LogP contribution in [0.5, 0.6) is 0 Å². The number of halogens is 2. The van der Waals surface area contributed by atoms with E-state index in [4.69, 9.17) is 28.5 Å². The van der Waals surface area contributed by atoms with Crippen LogP contribution in [-0.4, -0.2) is 16.2 Å². The van der Waals surface area contributed by atoms with Crippen molar-refractivity contribution in [2.24, 2.45) is 0 Å². The molecule has 0 aliphatic rings. The standard InChI is InChI=1S/C13H9Cl2N3OS/c1-6-3-7(10(15)4-9(6)14)11-8(5-16)12(19)18-13(17-11)20-2/h3-4H,1-2H3,(H,17,18,19). The zero-order valence-corrected chi connectivity index (χ0v) is 12.9. The summed E-state index contributed by atoms with van der Waals surface area (Å²) in [6, 6.07) is 5.17. The number of aromatic nitrogens is 2. The molecule has 1 aromatic carbocycles. The second-order valence-electron chi connectivity index (χ2n) is 3.99. The molecule has 1 aromatic heterocycles. The first-order valence-electron chi connectivity index (χ1n) is 5.52.